The van der Waals surface area contributed by atoms with Crippen LogP contribution in [0.5, 0.6) is 0 Å². The van der Waals surface area contributed by atoms with Gasteiger partial charge in [-0.05, 0) is 24.6 Å². The molecule has 2 saturated heterocycles. The molecule has 9 heteroatoms. The number of carbonyl (C=O) groups excluding carboxylic acids is 2. The number of hydrogen-bond acceptors (Lipinski definition) is 6. The summed E-state index contributed by atoms with van der Waals surface area (Å²) in [5, 5.41) is 3.54. The van der Waals surface area contributed by atoms with Crippen molar-refractivity contribution in [2.75, 3.05) is 36.0 Å². The standard InChI is InChI=1S/C18H17ClN4O2S2/c19-12-1-2-14-13(11-12)23-15(24)3-4-18(23,27-14)16(25)21-6-8-22(9-7-21)17-20-5-10-26-17/h1-2,5,10-11H,3-4,6-9H2. The second-order valence-electron chi connectivity index (χ2n) is 6.82. The first-order valence-corrected chi connectivity index (χ1v) is 10.9. The monoisotopic (exact) mass is 420 g/mol. The number of nitrogens with zero attached hydrogens (tertiary/aromatic N) is 4. The van der Waals surface area contributed by atoms with Crippen LogP contribution < -0.4 is 9.80 Å². The summed E-state index contributed by atoms with van der Waals surface area (Å²) < 4.78 is 0. The second-order valence-corrected chi connectivity index (χ2v) is 9.45. The number of carbonyl (C=O) groups is 2. The molecular formula is C18H17ClN4O2S2. The minimum Gasteiger partial charge on any atom is -0.345 e. The molecule has 0 N–H and O–H groups in total. The van der Waals surface area contributed by atoms with Gasteiger partial charge in [0.1, 0.15) is 0 Å². The van der Waals surface area contributed by atoms with Crippen molar-refractivity contribution in [1.82, 2.24) is 9.88 Å². The molecular weight excluding hydrogens is 404 g/mol. The highest BCUT2D eigenvalue weighted by Gasteiger charge is 2.58. The van der Waals surface area contributed by atoms with Crippen LogP contribution in [0.1, 0.15) is 12.8 Å². The zero-order valence-electron chi connectivity index (χ0n) is 14.4. The normalized spacial score (nSPS) is 24.3. The lowest BCUT2D eigenvalue weighted by molar-refractivity contribution is -0.134. The number of benzene rings is 1. The molecule has 2 amide bonds. The molecule has 0 radical (unpaired) electrons. The van der Waals surface area contributed by atoms with Gasteiger partial charge >= 0.3 is 0 Å². The van der Waals surface area contributed by atoms with Crippen molar-refractivity contribution in [1.29, 1.82) is 0 Å². The highest BCUT2D eigenvalue weighted by Crippen LogP contribution is 2.57. The van der Waals surface area contributed by atoms with E-state index in [2.05, 4.69) is 9.88 Å². The van der Waals surface area contributed by atoms with E-state index >= 15 is 0 Å². The van der Waals surface area contributed by atoms with Crippen LogP contribution >= 0.6 is 34.7 Å². The van der Waals surface area contributed by atoms with Crippen LogP contribution in [0.4, 0.5) is 10.8 Å². The molecule has 6 nitrogen and oxygen atoms in total. The summed E-state index contributed by atoms with van der Waals surface area (Å²) in [5.74, 6) is 0.0303. The van der Waals surface area contributed by atoms with Crippen LogP contribution in [0.25, 0.3) is 0 Å². The van der Waals surface area contributed by atoms with Gasteiger partial charge in [0, 0.05) is 54.1 Å². The lowest BCUT2D eigenvalue weighted by Gasteiger charge is -2.40. The third-order valence-electron chi connectivity index (χ3n) is 5.32. The minimum absolute atomic E-state index is 0.00159. The number of anilines is 2. The van der Waals surface area contributed by atoms with Crippen LogP contribution in [0, 0.1) is 0 Å². The molecule has 1 atom stereocenters. The summed E-state index contributed by atoms with van der Waals surface area (Å²) in [6.45, 7) is 2.79. The van der Waals surface area contributed by atoms with Gasteiger partial charge in [-0.3, -0.25) is 14.5 Å². The molecule has 2 fully saturated rings. The number of amides is 2. The van der Waals surface area contributed by atoms with Gasteiger partial charge in [0.15, 0.2) is 10.0 Å². The molecule has 4 heterocycles. The van der Waals surface area contributed by atoms with Crippen molar-refractivity contribution >= 4 is 57.3 Å². The molecule has 140 valence electrons. The first-order chi connectivity index (χ1) is 13.1. The number of halogens is 1. The molecule has 1 unspecified atom stereocenters. The predicted octanol–water partition coefficient (Wildman–Crippen LogP) is 3.07. The van der Waals surface area contributed by atoms with E-state index in [9.17, 15) is 9.59 Å². The Hall–Kier alpha value is -1.77. The van der Waals surface area contributed by atoms with Crippen LogP contribution in [0.3, 0.4) is 0 Å². The molecule has 3 aliphatic rings. The SMILES string of the molecule is O=C1CCC2(C(=O)N3CCN(c4nccs4)CC3)Sc3ccc(Cl)cc3N12. The first-order valence-electron chi connectivity index (χ1n) is 8.84. The highest BCUT2D eigenvalue weighted by atomic mass is 35.5. The quantitative estimate of drug-likeness (QED) is 0.747. The summed E-state index contributed by atoms with van der Waals surface area (Å²) in [6, 6.07) is 5.51. The summed E-state index contributed by atoms with van der Waals surface area (Å²) >= 11 is 9.26. The summed E-state index contributed by atoms with van der Waals surface area (Å²) in [7, 11) is 0. The van der Waals surface area contributed by atoms with Crippen LogP contribution in [0.2, 0.25) is 5.02 Å². The van der Waals surface area contributed by atoms with E-state index in [-0.39, 0.29) is 11.8 Å². The number of fused-ring (bicyclic) bond motifs is 3. The highest BCUT2D eigenvalue weighted by molar-refractivity contribution is 8.02. The third-order valence-corrected chi connectivity index (χ3v) is 7.85. The van der Waals surface area contributed by atoms with E-state index in [1.54, 1.807) is 28.5 Å². The molecule has 5 rings (SSSR count). The Labute approximate surface area is 170 Å². The first kappa shape index (κ1) is 17.3. The molecule has 2 aromatic rings. The molecule has 0 bridgehead atoms. The Morgan fingerprint density at radius 2 is 2.04 bits per heavy atom. The summed E-state index contributed by atoms with van der Waals surface area (Å²) in [6.07, 6.45) is 2.73. The van der Waals surface area contributed by atoms with E-state index in [0.29, 0.717) is 31.0 Å². The fraction of sp³-hybridized carbons (Fsp3) is 0.389. The molecule has 0 saturated carbocycles. The van der Waals surface area contributed by atoms with Gasteiger partial charge in [0.25, 0.3) is 5.91 Å². The zero-order valence-corrected chi connectivity index (χ0v) is 16.8. The zero-order chi connectivity index (χ0) is 18.6. The van der Waals surface area contributed by atoms with Gasteiger partial charge in [-0.2, -0.15) is 0 Å². The van der Waals surface area contributed by atoms with Crippen molar-refractivity contribution in [2.45, 2.75) is 22.6 Å². The molecule has 1 aromatic carbocycles. The fourth-order valence-corrected chi connectivity index (χ4v) is 6.36. The van der Waals surface area contributed by atoms with E-state index < -0.39 is 4.87 Å². The van der Waals surface area contributed by atoms with Gasteiger partial charge in [-0.1, -0.05) is 23.4 Å². The van der Waals surface area contributed by atoms with Gasteiger partial charge in [-0.15, -0.1) is 11.3 Å². The van der Waals surface area contributed by atoms with Crippen molar-refractivity contribution in [2.24, 2.45) is 0 Å². The van der Waals surface area contributed by atoms with Crippen molar-refractivity contribution in [3.05, 3.63) is 34.8 Å². The van der Waals surface area contributed by atoms with Gasteiger partial charge in [0.05, 0.1) is 5.69 Å². The average Bonchev–Trinajstić information content (AvgIpc) is 3.38. The molecule has 27 heavy (non-hydrogen) atoms. The van der Waals surface area contributed by atoms with Gasteiger partial charge in [-0.25, -0.2) is 4.98 Å². The topological polar surface area (TPSA) is 56.8 Å². The maximum absolute atomic E-state index is 13.5. The average molecular weight is 421 g/mol. The smallest absolute Gasteiger partial charge is 0.259 e. The molecule has 1 aromatic heterocycles. The van der Waals surface area contributed by atoms with Crippen LogP contribution in [-0.2, 0) is 9.59 Å². The number of hydrogen-bond donors (Lipinski definition) is 0. The largest absolute Gasteiger partial charge is 0.345 e. The Morgan fingerprint density at radius 3 is 2.78 bits per heavy atom. The number of piperazine rings is 1. The third kappa shape index (κ3) is 2.65. The summed E-state index contributed by atoms with van der Waals surface area (Å²) in [4.78, 5) is 36.4. The van der Waals surface area contributed by atoms with E-state index in [1.165, 1.54) is 11.8 Å². The number of thioether (sulfide) groups is 1. The minimum atomic E-state index is -0.854. The van der Waals surface area contributed by atoms with Gasteiger partial charge in [0.2, 0.25) is 5.91 Å². The molecule has 0 spiro atoms. The van der Waals surface area contributed by atoms with Crippen molar-refractivity contribution < 1.29 is 9.59 Å². The Kier molecular flexibility index (Phi) is 4.10. The maximum atomic E-state index is 13.5. The lowest BCUT2D eigenvalue weighted by atomic mass is 10.1. The lowest BCUT2D eigenvalue weighted by Crippen LogP contribution is -2.58. The summed E-state index contributed by atoms with van der Waals surface area (Å²) in [5.41, 5.74) is 0.768. The molecule has 0 aliphatic carbocycles. The second kappa shape index (κ2) is 6.39. The number of rotatable bonds is 2. The fourth-order valence-electron chi connectivity index (χ4n) is 4.03. The molecule has 3 aliphatic heterocycles. The van der Waals surface area contributed by atoms with Gasteiger partial charge < -0.3 is 9.80 Å². The number of aromatic nitrogens is 1. The van der Waals surface area contributed by atoms with Crippen molar-refractivity contribution in [3.63, 3.8) is 0 Å². The predicted molar refractivity (Wildman–Crippen MR) is 108 cm³/mol. The van der Waals surface area contributed by atoms with Crippen molar-refractivity contribution in [3.8, 4) is 0 Å². The maximum Gasteiger partial charge on any atom is 0.259 e. The van der Waals surface area contributed by atoms with Crippen LogP contribution in [-0.4, -0.2) is 52.7 Å². The number of thiazole rings is 1. The Morgan fingerprint density at radius 1 is 1.22 bits per heavy atom. The Balaban J connectivity index is 1.39. The van der Waals surface area contributed by atoms with E-state index in [4.69, 9.17) is 11.6 Å². The van der Waals surface area contributed by atoms with E-state index in [1.807, 2.05) is 22.4 Å². The van der Waals surface area contributed by atoms with E-state index in [0.717, 1.165) is 28.8 Å². The Bertz CT molecular complexity index is 914. The van der Waals surface area contributed by atoms with Crippen LogP contribution in [0.15, 0.2) is 34.7 Å².